The van der Waals surface area contributed by atoms with E-state index in [1.807, 2.05) is 25.1 Å². The molecular formula is C10H12O2. The molecule has 0 fully saturated rings. The number of ether oxygens (including phenoxy) is 1. The molecule has 0 spiro atoms. The van der Waals surface area contributed by atoms with Gasteiger partial charge < -0.3 is 9.84 Å². The second kappa shape index (κ2) is 3.81. The van der Waals surface area contributed by atoms with Crippen LogP contribution < -0.4 is 4.74 Å². The Morgan fingerprint density at radius 3 is 2.67 bits per heavy atom. The largest absolute Gasteiger partial charge is 0.516 e. The van der Waals surface area contributed by atoms with Crippen LogP contribution in [0.1, 0.15) is 11.1 Å². The summed E-state index contributed by atoms with van der Waals surface area (Å²) in [5, 5.41) is 8.53. The highest BCUT2D eigenvalue weighted by molar-refractivity contribution is 5.52. The maximum Gasteiger partial charge on any atom is 0.121 e. The van der Waals surface area contributed by atoms with Gasteiger partial charge in [-0.1, -0.05) is 6.07 Å². The number of aliphatic hydroxyl groups excluding tert-OH is 1. The first-order chi connectivity index (χ1) is 5.77. The smallest absolute Gasteiger partial charge is 0.121 e. The third kappa shape index (κ3) is 1.78. The van der Waals surface area contributed by atoms with Crippen LogP contribution in [0.2, 0.25) is 0 Å². The summed E-state index contributed by atoms with van der Waals surface area (Å²) >= 11 is 0. The van der Waals surface area contributed by atoms with Crippen molar-refractivity contribution < 1.29 is 9.84 Å². The molecule has 0 saturated carbocycles. The molecule has 0 bridgehead atoms. The molecule has 0 aromatic heterocycles. The summed E-state index contributed by atoms with van der Waals surface area (Å²) in [6, 6.07) is 5.72. The predicted octanol–water partition coefficient (Wildman–Crippen LogP) is 2.53. The van der Waals surface area contributed by atoms with Gasteiger partial charge in [-0.2, -0.15) is 0 Å². The van der Waals surface area contributed by atoms with E-state index in [0.29, 0.717) is 0 Å². The molecule has 0 unspecified atom stereocenters. The topological polar surface area (TPSA) is 29.5 Å². The molecule has 1 aromatic rings. The van der Waals surface area contributed by atoms with Gasteiger partial charge in [0.1, 0.15) is 5.75 Å². The van der Waals surface area contributed by atoms with E-state index in [2.05, 4.69) is 0 Å². The van der Waals surface area contributed by atoms with Crippen molar-refractivity contribution in [2.24, 2.45) is 0 Å². The van der Waals surface area contributed by atoms with Crippen LogP contribution in [0.4, 0.5) is 0 Å². The second-order valence-corrected chi connectivity index (χ2v) is 2.54. The fraction of sp³-hybridized carbons (Fsp3) is 0.200. The average Bonchev–Trinajstić information content (AvgIpc) is 2.05. The fourth-order valence-electron chi connectivity index (χ4n) is 1.09. The van der Waals surface area contributed by atoms with Crippen LogP contribution in [0.25, 0.3) is 6.08 Å². The van der Waals surface area contributed by atoms with Crippen molar-refractivity contribution in [3.63, 3.8) is 0 Å². The van der Waals surface area contributed by atoms with Crippen LogP contribution in [-0.4, -0.2) is 12.2 Å². The van der Waals surface area contributed by atoms with E-state index in [0.717, 1.165) is 23.1 Å². The number of hydrogen-bond donors (Lipinski definition) is 1. The Bertz CT molecular complexity index is 290. The number of hydrogen-bond acceptors (Lipinski definition) is 2. The standard InChI is InChI=1S/C10H12O2/c1-8-7-9(5-6-11)3-4-10(8)12-2/h3-7,11H,1-2H3/b6-5+. The fourth-order valence-corrected chi connectivity index (χ4v) is 1.09. The van der Waals surface area contributed by atoms with Crippen LogP contribution in [0.5, 0.6) is 5.75 Å². The minimum atomic E-state index is 0.866. The maximum absolute atomic E-state index is 8.53. The third-order valence-corrected chi connectivity index (χ3v) is 1.69. The van der Waals surface area contributed by atoms with Crippen LogP contribution >= 0.6 is 0 Å². The van der Waals surface area contributed by atoms with Crippen molar-refractivity contribution >= 4 is 6.08 Å². The van der Waals surface area contributed by atoms with E-state index in [9.17, 15) is 0 Å². The minimum Gasteiger partial charge on any atom is -0.516 e. The van der Waals surface area contributed by atoms with Crippen molar-refractivity contribution in [2.75, 3.05) is 7.11 Å². The first-order valence-corrected chi connectivity index (χ1v) is 3.73. The average molecular weight is 164 g/mol. The molecule has 1 N–H and O–H groups in total. The van der Waals surface area contributed by atoms with Crippen molar-refractivity contribution in [3.8, 4) is 5.75 Å². The molecule has 0 aliphatic rings. The van der Waals surface area contributed by atoms with Gasteiger partial charge in [0.25, 0.3) is 0 Å². The number of aryl methyl sites for hydroxylation is 1. The summed E-state index contributed by atoms with van der Waals surface area (Å²) in [5.41, 5.74) is 2.03. The molecule has 2 nitrogen and oxygen atoms in total. The Kier molecular flexibility index (Phi) is 2.75. The third-order valence-electron chi connectivity index (χ3n) is 1.69. The number of aliphatic hydroxyl groups is 1. The van der Waals surface area contributed by atoms with Gasteiger partial charge >= 0.3 is 0 Å². The molecule has 0 radical (unpaired) electrons. The summed E-state index contributed by atoms with van der Waals surface area (Å²) in [7, 11) is 1.64. The van der Waals surface area contributed by atoms with E-state index >= 15 is 0 Å². The van der Waals surface area contributed by atoms with Crippen molar-refractivity contribution in [3.05, 3.63) is 35.6 Å². The van der Waals surface area contributed by atoms with E-state index in [-0.39, 0.29) is 0 Å². The molecule has 0 aliphatic carbocycles. The Morgan fingerprint density at radius 2 is 2.17 bits per heavy atom. The monoisotopic (exact) mass is 164 g/mol. The van der Waals surface area contributed by atoms with E-state index in [1.54, 1.807) is 13.2 Å². The summed E-state index contributed by atoms with van der Waals surface area (Å²) in [5.74, 6) is 0.866. The van der Waals surface area contributed by atoms with Gasteiger partial charge in [-0.05, 0) is 36.3 Å². The van der Waals surface area contributed by atoms with Gasteiger partial charge in [-0.3, -0.25) is 0 Å². The van der Waals surface area contributed by atoms with Crippen LogP contribution in [-0.2, 0) is 0 Å². The molecule has 0 atom stereocenters. The molecule has 0 heterocycles. The van der Waals surface area contributed by atoms with Crippen molar-refractivity contribution in [1.29, 1.82) is 0 Å². The SMILES string of the molecule is COc1ccc(/C=C/O)cc1C. The van der Waals surface area contributed by atoms with Gasteiger partial charge in [0, 0.05) is 0 Å². The normalized spacial score (nSPS) is 10.5. The second-order valence-electron chi connectivity index (χ2n) is 2.54. The molecule has 0 saturated heterocycles. The zero-order valence-electron chi connectivity index (χ0n) is 7.24. The lowest BCUT2D eigenvalue weighted by molar-refractivity contribution is 0.411. The lowest BCUT2D eigenvalue weighted by atomic mass is 10.1. The quantitative estimate of drug-likeness (QED) is 0.680. The lowest BCUT2D eigenvalue weighted by Crippen LogP contribution is -1.86. The molecule has 1 aromatic carbocycles. The molecule has 12 heavy (non-hydrogen) atoms. The van der Waals surface area contributed by atoms with E-state index < -0.39 is 0 Å². The van der Waals surface area contributed by atoms with Crippen molar-refractivity contribution in [2.45, 2.75) is 6.92 Å². The Morgan fingerprint density at radius 1 is 1.42 bits per heavy atom. The van der Waals surface area contributed by atoms with Gasteiger partial charge in [-0.15, -0.1) is 0 Å². The first kappa shape index (κ1) is 8.65. The summed E-state index contributed by atoms with van der Waals surface area (Å²) in [6.07, 6.45) is 2.66. The Labute approximate surface area is 72.1 Å². The molecule has 64 valence electrons. The van der Waals surface area contributed by atoms with Crippen molar-refractivity contribution in [1.82, 2.24) is 0 Å². The van der Waals surface area contributed by atoms with Crippen LogP contribution in [0.15, 0.2) is 24.5 Å². The number of methoxy groups -OCH3 is 1. The minimum absolute atomic E-state index is 0.866. The maximum atomic E-state index is 8.53. The van der Waals surface area contributed by atoms with E-state index in [4.69, 9.17) is 9.84 Å². The zero-order valence-corrected chi connectivity index (χ0v) is 7.24. The summed E-state index contributed by atoms with van der Waals surface area (Å²) < 4.78 is 5.09. The zero-order chi connectivity index (χ0) is 8.97. The number of benzene rings is 1. The first-order valence-electron chi connectivity index (χ1n) is 3.73. The highest BCUT2D eigenvalue weighted by Gasteiger charge is 1.96. The van der Waals surface area contributed by atoms with Gasteiger partial charge in [0.2, 0.25) is 0 Å². The molecular weight excluding hydrogens is 152 g/mol. The van der Waals surface area contributed by atoms with Crippen LogP contribution in [0.3, 0.4) is 0 Å². The predicted molar refractivity (Wildman–Crippen MR) is 49.4 cm³/mol. The molecule has 0 amide bonds. The highest BCUT2D eigenvalue weighted by atomic mass is 16.5. The van der Waals surface area contributed by atoms with Gasteiger partial charge in [-0.25, -0.2) is 0 Å². The highest BCUT2D eigenvalue weighted by Crippen LogP contribution is 2.18. The van der Waals surface area contributed by atoms with E-state index in [1.165, 1.54) is 0 Å². The lowest BCUT2D eigenvalue weighted by Gasteiger charge is -2.03. The van der Waals surface area contributed by atoms with Crippen LogP contribution in [0, 0.1) is 6.92 Å². The molecule has 2 heteroatoms. The Hall–Kier alpha value is -1.44. The molecule has 1 rings (SSSR count). The Balaban J connectivity index is 3.01. The number of rotatable bonds is 2. The summed E-state index contributed by atoms with van der Waals surface area (Å²) in [6.45, 7) is 1.97. The summed E-state index contributed by atoms with van der Waals surface area (Å²) in [4.78, 5) is 0. The van der Waals surface area contributed by atoms with Gasteiger partial charge in [0.05, 0.1) is 13.4 Å². The molecule has 0 aliphatic heterocycles. The van der Waals surface area contributed by atoms with Gasteiger partial charge in [0.15, 0.2) is 0 Å².